The fourth-order valence-corrected chi connectivity index (χ4v) is 2.12. The molecule has 0 saturated heterocycles. The number of aliphatic carboxylic acids is 1. The van der Waals surface area contributed by atoms with Crippen LogP contribution in [0.2, 0.25) is 0 Å². The van der Waals surface area contributed by atoms with Crippen LogP contribution >= 0.6 is 11.8 Å². The fourth-order valence-electron chi connectivity index (χ4n) is 1.45. The molecule has 0 spiro atoms. The molecule has 19 heavy (non-hydrogen) atoms. The summed E-state index contributed by atoms with van der Waals surface area (Å²) in [5.74, 6) is -1.10. The number of thioether (sulfide) groups is 1. The van der Waals surface area contributed by atoms with Crippen LogP contribution in [0.4, 0.5) is 0 Å². The van der Waals surface area contributed by atoms with Gasteiger partial charge in [-0.3, -0.25) is 14.3 Å². The number of nitrogens with one attached hydrogen (secondary N) is 1. The number of carboxylic acids is 1. The Hall–Kier alpha value is -2.09. The number of hydrogen-bond donors (Lipinski definition) is 2. The molecule has 7 nitrogen and oxygen atoms in total. The number of pyridine rings is 1. The van der Waals surface area contributed by atoms with E-state index >= 15 is 0 Å². The van der Waals surface area contributed by atoms with Gasteiger partial charge in [-0.25, -0.2) is 9.89 Å². The van der Waals surface area contributed by atoms with E-state index in [4.69, 9.17) is 5.11 Å². The summed E-state index contributed by atoms with van der Waals surface area (Å²) in [7, 11) is 0. The maximum Gasteiger partial charge on any atom is 0.344 e. The molecule has 0 aliphatic carbocycles. The molecule has 0 atom stereocenters. The van der Waals surface area contributed by atoms with Gasteiger partial charge in [-0.05, 0) is 18.6 Å². The van der Waals surface area contributed by atoms with Crippen LogP contribution in [0.25, 0.3) is 0 Å². The third-order valence-corrected chi connectivity index (χ3v) is 3.32. The topological polar surface area (TPSA) is 101 Å². The van der Waals surface area contributed by atoms with Crippen molar-refractivity contribution < 1.29 is 9.90 Å². The Morgan fingerprint density at radius 2 is 2.32 bits per heavy atom. The smallest absolute Gasteiger partial charge is 0.344 e. The first-order valence-electron chi connectivity index (χ1n) is 5.47. The molecular formula is C11H12N4O3S. The van der Waals surface area contributed by atoms with Crippen molar-refractivity contribution >= 4 is 17.7 Å². The Balaban J connectivity index is 2.19. The highest BCUT2D eigenvalue weighted by molar-refractivity contribution is 7.99. The summed E-state index contributed by atoms with van der Waals surface area (Å²) in [6, 6.07) is 3.72. The molecule has 0 unspecified atom stereocenters. The van der Waals surface area contributed by atoms with E-state index in [1.165, 1.54) is 4.57 Å². The SMILES string of the molecule is Cc1ccc(Cn2c(SCC(=O)O)n[nH]c2=O)cn1. The zero-order chi connectivity index (χ0) is 13.8. The van der Waals surface area contributed by atoms with Crippen molar-refractivity contribution in [2.75, 3.05) is 5.75 Å². The quantitative estimate of drug-likeness (QED) is 0.773. The lowest BCUT2D eigenvalue weighted by atomic mass is 10.2. The normalized spacial score (nSPS) is 10.6. The maximum atomic E-state index is 11.6. The van der Waals surface area contributed by atoms with Crippen molar-refractivity contribution in [1.82, 2.24) is 19.7 Å². The second-order valence-corrected chi connectivity index (χ2v) is 4.83. The molecule has 8 heteroatoms. The minimum Gasteiger partial charge on any atom is -0.481 e. The molecule has 0 saturated carbocycles. The lowest BCUT2D eigenvalue weighted by Gasteiger charge is -2.04. The number of nitrogens with zero attached hydrogens (tertiary/aromatic N) is 3. The molecule has 0 aliphatic rings. The van der Waals surface area contributed by atoms with Gasteiger partial charge in [0.2, 0.25) is 0 Å². The first kappa shape index (κ1) is 13.3. The predicted octanol–water partition coefficient (Wildman–Crippen LogP) is 0.500. The number of H-pyrrole nitrogens is 1. The van der Waals surface area contributed by atoms with Gasteiger partial charge < -0.3 is 5.11 Å². The van der Waals surface area contributed by atoms with Crippen molar-refractivity contribution in [2.45, 2.75) is 18.6 Å². The zero-order valence-electron chi connectivity index (χ0n) is 10.2. The van der Waals surface area contributed by atoms with Gasteiger partial charge in [0.05, 0.1) is 12.3 Å². The highest BCUT2D eigenvalue weighted by Crippen LogP contribution is 2.14. The molecule has 2 heterocycles. The van der Waals surface area contributed by atoms with E-state index in [1.807, 2.05) is 19.1 Å². The van der Waals surface area contributed by atoms with Crippen molar-refractivity contribution in [3.63, 3.8) is 0 Å². The Morgan fingerprint density at radius 3 is 2.95 bits per heavy atom. The predicted molar refractivity (Wildman–Crippen MR) is 69.3 cm³/mol. The number of aromatic nitrogens is 4. The highest BCUT2D eigenvalue weighted by Gasteiger charge is 2.11. The molecule has 2 N–H and O–H groups in total. The van der Waals surface area contributed by atoms with Crippen LogP contribution in [0.1, 0.15) is 11.3 Å². The summed E-state index contributed by atoms with van der Waals surface area (Å²) in [5.41, 5.74) is 1.38. The van der Waals surface area contributed by atoms with Gasteiger partial charge >= 0.3 is 11.7 Å². The van der Waals surface area contributed by atoms with E-state index < -0.39 is 5.97 Å². The molecule has 2 rings (SSSR count). The van der Waals surface area contributed by atoms with Crippen molar-refractivity contribution in [1.29, 1.82) is 0 Å². The average Bonchev–Trinajstić information content (AvgIpc) is 2.71. The second kappa shape index (κ2) is 5.70. The lowest BCUT2D eigenvalue weighted by Crippen LogP contribution is -2.18. The Labute approximate surface area is 112 Å². The number of rotatable bonds is 5. The third kappa shape index (κ3) is 3.44. The molecule has 0 aromatic carbocycles. The Kier molecular flexibility index (Phi) is 4.00. The van der Waals surface area contributed by atoms with Gasteiger partial charge in [0, 0.05) is 11.9 Å². The molecule has 0 amide bonds. The van der Waals surface area contributed by atoms with Crippen molar-refractivity contribution in [2.24, 2.45) is 0 Å². The van der Waals surface area contributed by atoms with Crippen LogP contribution in [0, 0.1) is 6.92 Å². The number of aryl methyl sites for hydroxylation is 1. The van der Waals surface area contributed by atoms with Crippen LogP contribution in [-0.2, 0) is 11.3 Å². The summed E-state index contributed by atoms with van der Waals surface area (Å²) in [6.45, 7) is 2.19. The van der Waals surface area contributed by atoms with Gasteiger partial charge in [0.1, 0.15) is 0 Å². The number of hydrogen-bond acceptors (Lipinski definition) is 5. The molecule has 0 bridgehead atoms. The van der Waals surface area contributed by atoms with Crippen molar-refractivity contribution in [3.8, 4) is 0 Å². The van der Waals surface area contributed by atoms with Gasteiger partial charge in [-0.1, -0.05) is 17.8 Å². The van der Waals surface area contributed by atoms with Crippen LogP contribution in [0.3, 0.4) is 0 Å². The fraction of sp³-hybridized carbons (Fsp3) is 0.273. The summed E-state index contributed by atoms with van der Waals surface area (Å²) in [4.78, 5) is 26.3. The summed E-state index contributed by atoms with van der Waals surface area (Å²) in [5, 5.41) is 15.1. The molecule has 2 aromatic rings. The third-order valence-electron chi connectivity index (χ3n) is 2.36. The van der Waals surface area contributed by atoms with E-state index in [0.29, 0.717) is 11.7 Å². The van der Waals surface area contributed by atoms with Crippen LogP contribution in [0.5, 0.6) is 0 Å². The van der Waals surface area contributed by atoms with E-state index in [9.17, 15) is 9.59 Å². The molecule has 2 aromatic heterocycles. The minimum absolute atomic E-state index is 0.142. The van der Waals surface area contributed by atoms with Crippen LogP contribution < -0.4 is 5.69 Å². The van der Waals surface area contributed by atoms with Gasteiger partial charge in [0.25, 0.3) is 0 Å². The maximum absolute atomic E-state index is 11.6. The first-order valence-corrected chi connectivity index (χ1v) is 6.46. The number of carboxylic acid groups (broad SMARTS) is 1. The summed E-state index contributed by atoms with van der Waals surface area (Å²) in [6.07, 6.45) is 1.68. The highest BCUT2D eigenvalue weighted by atomic mass is 32.2. The molecule has 0 radical (unpaired) electrons. The first-order chi connectivity index (χ1) is 9.06. The Bertz CT molecular complexity index is 632. The van der Waals surface area contributed by atoms with Gasteiger partial charge in [-0.15, -0.1) is 5.10 Å². The number of aromatic amines is 1. The minimum atomic E-state index is -0.955. The monoisotopic (exact) mass is 280 g/mol. The standard InChI is InChI=1S/C11H12N4O3S/c1-7-2-3-8(4-12-7)5-15-10(18)13-14-11(15)19-6-9(16)17/h2-4H,5-6H2,1H3,(H,13,18)(H,16,17). The van der Waals surface area contributed by atoms with Gasteiger partial charge in [0.15, 0.2) is 5.16 Å². The summed E-state index contributed by atoms with van der Waals surface area (Å²) >= 11 is 0.999. The molecule has 100 valence electrons. The molecular weight excluding hydrogens is 268 g/mol. The molecule has 0 aliphatic heterocycles. The van der Waals surface area contributed by atoms with Crippen LogP contribution in [-0.4, -0.2) is 36.6 Å². The van der Waals surface area contributed by atoms with E-state index in [0.717, 1.165) is 23.0 Å². The van der Waals surface area contributed by atoms with Gasteiger partial charge in [-0.2, -0.15) is 0 Å². The van der Waals surface area contributed by atoms with Crippen LogP contribution in [0.15, 0.2) is 28.3 Å². The van der Waals surface area contributed by atoms with E-state index in [2.05, 4.69) is 15.2 Å². The number of carbonyl (C=O) groups is 1. The lowest BCUT2D eigenvalue weighted by molar-refractivity contribution is -0.133. The van der Waals surface area contributed by atoms with Crippen molar-refractivity contribution in [3.05, 3.63) is 40.1 Å². The van der Waals surface area contributed by atoms with E-state index in [1.54, 1.807) is 6.20 Å². The largest absolute Gasteiger partial charge is 0.481 e. The Morgan fingerprint density at radius 1 is 1.53 bits per heavy atom. The van der Waals surface area contributed by atoms with E-state index in [-0.39, 0.29) is 11.4 Å². The zero-order valence-corrected chi connectivity index (χ0v) is 11.0. The molecule has 0 fully saturated rings. The summed E-state index contributed by atoms with van der Waals surface area (Å²) < 4.78 is 1.39. The second-order valence-electron chi connectivity index (χ2n) is 3.89. The average molecular weight is 280 g/mol.